The molecule has 0 saturated heterocycles. The molecule has 4 nitrogen and oxygen atoms in total. The monoisotopic (exact) mass is 307 g/mol. The Morgan fingerprint density at radius 1 is 1.15 bits per heavy atom. The van der Waals surface area contributed by atoms with E-state index in [2.05, 4.69) is 0 Å². The molecule has 0 aliphatic heterocycles. The van der Waals surface area contributed by atoms with Gasteiger partial charge in [-0.25, -0.2) is 0 Å². The maximum Gasteiger partial charge on any atom is 0.420 e. The fraction of sp³-hybridized carbons (Fsp3) is 0.500. The van der Waals surface area contributed by atoms with Gasteiger partial charge in [0.2, 0.25) is 0 Å². The van der Waals surface area contributed by atoms with Gasteiger partial charge in [-0.1, -0.05) is 0 Å². The van der Waals surface area contributed by atoms with Gasteiger partial charge in [0.25, 0.3) is 5.69 Å². The summed E-state index contributed by atoms with van der Waals surface area (Å²) in [6.45, 7) is 5.92. The molecule has 1 aromatic rings. The zero-order valence-corrected chi connectivity index (χ0v) is 12.6. The van der Waals surface area contributed by atoms with Crippen molar-refractivity contribution in [2.24, 2.45) is 0 Å². The fourth-order valence-corrected chi connectivity index (χ4v) is 3.25. The Morgan fingerprint density at radius 2 is 1.60 bits per heavy atom. The van der Waals surface area contributed by atoms with Crippen LogP contribution in [0.15, 0.2) is 24.3 Å². The highest BCUT2D eigenvalue weighted by Gasteiger charge is 2.55. The number of benzene rings is 1. The van der Waals surface area contributed by atoms with Crippen molar-refractivity contribution in [1.29, 1.82) is 0 Å². The van der Waals surface area contributed by atoms with Crippen molar-refractivity contribution in [1.82, 2.24) is 0 Å². The van der Waals surface area contributed by atoms with E-state index in [1.165, 1.54) is 0 Å². The summed E-state index contributed by atoms with van der Waals surface area (Å²) in [7, 11) is -2.47. The number of alkyl halides is 3. The second-order valence-corrected chi connectivity index (χ2v) is 9.98. The summed E-state index contributed by atoms with van der Waals surface area (Å²) in [5, 5.41) is 10.5. The molecule has 20 heavy (non-hydrogen) atoms. The lowest BCUT2D eigenvalue weighted by Gasteiger charge is -2.38. The first-order valence-electron chi connectivity index (χ1n) is 5.89. The van der Waals surface area contributed by atoms with Crippen LogP contribution in [0.5, 0.6) is 0 Å². The normalized spacial score (nSPS) is 15.8. The molecule has 0 amide bonds. The standard InChI is InChI=1S/C12H16F3NO3Si/c1-11(12(13,14)15,19-20(2,3)4)9-5-7-10(8-6-9)16(17)18/h5-8H,1-4H3. The smallest absolute Gasteiger partial charge is 0.401 e. The van der Waals surface area contributed by atoms with Crippen LogP contribution in [0.2, 0.25) is 19.6 Å². The first-order chi connectivity index (χ1) is 8.87. The quantitative estimate of drug-likeness (QED) is 0.475. The third-order valence-electron chi connectivity index (χ3n) is 2.68. The van der Waals surface area contributed by atoms with Gasteiger partial charge in [0, 0.05) is 12.1 Å². The van der Waals surface area contributed by atoms with Gasteiger partial charge in [0.15, 0.2) is 13.9 Å². The van der Waals surface area contributed by atoms with Crippen molar-refractivity contribution in [2.45, 2.75) is 38.3 Å². The van der Waals surface area contributed by atoms with Crippen LogP contribution in [0.4, 0.5) is 18.9 Å². The van der Waals surface area contributed by atoms with Crippen molar-refractivity contribution >= 4 is 14.0 Å². The number of nitro benzene ring substituents is 1. The third kappa shape index (κ3) is 3.57. The van der Waals surface area contributed by atoms with Crippen LogP contribution >= 0.6 is 0 Å². The number of hydrogen-bond acceptors (Lipinski definition) is 3. The predicted molar refractivity (Wildman–Crippen MR) is 70.9 cm³/mol. The topological polar surface area (TPSA) is 52.4 Å². The minimum absolute atomic E-state index is 0.141. The van der Waals surface area contributed by atoms with Crippen LogP contribution in [0.3, 0.4) is 0 Å². The summed E-state index contributed by atoms with van der Waals surface area (Å²) < 4.78 is 45.3. The lowest BCUT2D eigenvalue weighted by molar-refractivity contribution is -0.384. The van der Waals surface area contributed by atoms with Gasteiger partial charge in [0.05, 0.1) is 4.92 Å². The number of halogens is 3. The predicted octanol–water partition coefficient (Wildman–Crippen LogP) is 4.22. The zero-order chi connectivity index (χ0) is 15.8. The van der Waals surface area contributed by atoms with E-state index in [4.69, 9.17) is 4.43 Å². The largest absolute Gasteiger partial charge is 0.420 e. The first-order valence-corrected chi connectivity index (χ1v) is 9.29. The molecule has 8 heteroatoms. The number of hydrogen-bond donors (Lipinski definition) is 0. The average Bonchev–Trinajstić information content (AvgIpc) is 2.25. The molecular weight excluding hydrogens is 291 g/mol. The van der Waals surface area contributed by atoms with E-state index in [-0.39, 0.29) is 11.3 Å². The van der Waals surface area contributed by atoms with Gasteiger partial charge in [-0.2, -0.15) is 13.2 Å². The van der Waals surface area contributed by atoms with E-state index < -0.39 is 25.0 Å². The van der Waals surface area contributed by atoms with Crippen molar-refractivity contribution in [3.8, 4) is 0 Å². The van der Waals surface area contributed by atoms with E-state index in [1.54, 1.807) is 19.6 Å². The molecule has 0 radical (unpaired) electrons. The second-order valence-electron chi connectivity index (χ2n) is 5.55. The molecule has 0 aromatic heterocycles. The number of rotatable bonds is 4. The van der Waals surface area contributed by atoms with Gasteiger partial charge >= 0.3 is 6.18 Å². The maximum absolute atomic E-state index is 13.3. The highest BCUT2D eigenvalue weighted by atomic mass is 28.4. The SMILES string of the molecule is CC(O[Si](C)(C)C)(c1ccc([N+](=O)[O-])cc1)C(F)(F)F. The Labute approximate surface area is 115 Å². The first kappa shape index (κ1) is 16.6. The maximum atomic E-state index is 13.3. The Balaban J connectivity index is 3.28. The van der Waals surface area contributed by atoms with E-state index in [1.807, 2.05) is 0 Å². The molecule has 0 N–H and O–H groups in total. The van der Waals surface area contributed by atoms with E-state index in [0.29, 0.717) is 0 Å². The molecule has 0 spiro atoms. The minimum Gasteiger partial charge on any atom is -0.401 e. The summed E-state index contributed by atoms with van der Waals surface area (Å²) in [4.78, 5) is 9.89. The summed E-state index contributed by atoms with van der Waals surface area (Å²) in [6.07, 6.45) is -4.61. The number of nitro groups is 1. The molecule has 1 atom stereocenters. The number of non-ortho nitro benzene ring substituents is 1. The molecule has 0 bridgehead atoms. The van der Waals surface area contributed by atoms with Gasteiger partial charge in [-0.05, 0) is 44.3 Å². The van der Waals surface area contributed by atoms with Gasteiger partial charge in [-0.15, -0.1) is 0 Å². The van der Waals surface area contributed by atoms with Gasteiger partial charge in [-0.3, -0.25) is 10.1 Å². The molecule has 112 valence electrons. The molecule has 0 saturated carbocycles. The van der Waals surface area contributed by atoms with Crippen molar-refractivity contribution < 1.29 is 22.5 Å². The molecule has 1 aromatic carbocycles. The number of nitrogens with zero attached hydrogens (tertiary/aromatic N) is 1. The van der Waals surface area contributed by atoms with Gasteiger partial charge < -0.3 is 4.43 Å². The third-order valence-corrected chi connectivity index (χ3v) is 3.70. The molecule has 1 unspecified atom stereocenters. The van der Waals surface area contributed by atoms with Gasteiger partial charge in [0.1, 0.15) is 0 Å². The summed E-state index contributed by atoms with van der Waals surface area (Å²) in [6, 6.07) is 4.28. The van der Waals surface area contributed by atoms with E-state index in [9.17, 15) is 23.3 Å². The molecule has 0 aliphatic rings. The average molecular weight is 307 g/mol. The summed E-state index contributed by atoms with van der Waals surface area (Å²) in [5.41, 5.74) is -2.86. The van der Waals surface area contributed by atoms with Crippen LogP contribution in [0.25, 0.3) is 0 Å². The van der Waals surface area contributed by atoms with Crippen LogP contribution in [-0.2, 0) is 10.0 Å². The van der Waals surface area contributed by atoms with Crippen molar-refractivity contribution in [2.75, 3.05) is 0 Å². The highest BCUT2D eigenvalue weighted by molar-refractivity contribution is 6.69. The van der Waals surface area contributed by atoms with Crippen molar-refractivity contribution in [3.05, 3.63) is 39.9 Å². The van der Waals surface area contributed by atoms with E-state index >= 15 is 0 Å². The van der Waals surface area contributed by atoms with Crippen LogP contribution in [0.1, 0.15) is 12.5 Å². The van der Waals surface area contributed by atoms with Crippen LogP contribution < -0.4 is 0 Å². The Kier molecular flexibility index (Phi) is 4.30. The van der Waals surface area contributed by atoms with E-state index in [0.717, 1.165) is 31.2 Å². The molecule has 0 fully saturated rings. The fourth-order valence-electron chi connectivity index (χ4n) is 1.79. The molecule has 1 rings (SSSR count). The van der Waals surface area contributed by atoms with Crippen LogP contribution in [0, 0.1) is 10.1 Å². The van der Waals surface area contributed by atoms with Crippen LogP contribution in [-0.4, -0.2) is 19.4 Å². The minimum atomic E-state index is -4.61. The Bertz CT molecular complexity index is 496. The second kappa shape index (κ2) is 5.17. The Hall–Kier alpha value is -1.41. The summed E-state index contributed by atoms with van der Waals surface area (Å²) >= 11 is 0. The molecule has 0 aliphatic carbocycles. The molecular formula is C12H16F3NO3Si. The Morgan fingerprint density at radius 3 is 1.90 bits per heavy atom. The molecule has 0 heterocycles. The lowest BCUT2D eigenvalue weighted by Crippen LogP contribution is -2.48. The lowest BCUT2D eigenvalue weighted by atomic mass is 9.95. The summed E-state index contributed by atoms with van der Waals surface area (Å²) in [5.74, 6) is 0. The zero-order valence-electron chi connectivity index (χ0n) is 11.6. The van der Waals surface area contributed by atoms with Crippen molar-refractivity contribution in [3.63, 3.8) is 0 Å². The highest BCUT2D eigenvalue weighted by Crippen LogP contribution is 2.44.